The van der Waals surface area contributed by atoms with Crippen LogP contribution >= 0.6 is 11.6 Å². The zero-order valence-electron chi connectivity index (χ0n) is 11.2. The molecule has 0 bridgehead atoms. The van der Waals surface area contributed by atoms with Crippen molar-refractivity contribution in [1.29, 1.82) is 0 Å². The number of nitrogens with zero attached hydrogens (tertiary/aromatic N) is 1. The van der Waals surface area contributed by atoms with E-state index in [2.05, 4.69) is 4.98 Å². The number of fused-ring (bicyclic) bond motifs is 1. The van der Waals surface area contributed by atoms with E-state index in [0.717, 1.165) is 22.4 Å². The molecule has 3 aromatic rings. The van der Waals surface area contributed by atoms with Gasteiger partial charge in [-0.15, -0.1) is 0 Å². The molecule has 0 spiro atoms. The van der Waals surface area contributed by atoms with Gasteiger partial charge in [0, 0.05) is 10.9 Å². The smallest absolute Gasteiger partial charge is 0.149 e. The molecule has 0 saturated heterocycles. The maximum absolute atomic E-state index is 14.1. The van der Waals surface area contributed by atoms with Gasteiger partial charge in [0.05, 0.1) is 10.7 Å². The predicted molar refractivity (Wildman–Crippen MR) is 81.6 cm³/mol. The summed E-state index contributed by atoms with van der Waals surface area (Å²) in [6, 6.07) is 12.9. The predicted octanol–water partition coefficient (Wildman–Crippen LogP) is 5.31. The first kappa shape index (κ1) is 13.1. The fourth-order valence-corrected chi connectivity index (χ4v) is 2.75. The third-order valence-electron chi connectivity index (χ3n) is 3.51. The van der Waals surface area contributed by atoms with E-state index >= 15 is 0 Å². The van der Waals surface area contributed by atoms with E-state index in [-0.39, 0.29) is 5.82 Å². The van der Waals surface area contributed by atoms with Gasteiger partial charge in [0.15, 0.2) is 0 Å². The molecule has 1 nitrogen and oxygen atoms in total. The van der Waals surface area contributed by atoms with Crippen molar-refractivity contribution >= 4 is 22.5 Å². The Hall–Kier alpha value is -1.93. The molecule has 0 aliphatic heterocycles. The summed E-state index contributed by atoms with van der Waals surface area (Å²) < 4.78 is 14.1. The molecular formula is C17H13ClFN. The summed E-state index contributed by atoms with van der Waals surface area (Å²) >= 11 is 6.45. The van der Waals surface area contributed by atoms with Crippen LogP contribution in [0.2, 0.25) is 5.02 Å². The largest absolute Gasteiger partial charge is 0.244 e. The van der Waals surface area contributed by atoms with Crippen molar-refractivity contribution in [3.05, 3.63) is 64.4 Å². The quantitative estimate of drug-likeness (QED) is 0.590. The van der Waals surface area contributed by atoms with Crippen LogP contribution in [0, 0.1) is 19.7 Å². The number of hydrogen-bond donors (Lipinski definition) is 0. The van der Waals surface area contributed by atoms with Gasteiger partial charge in [-0.25, -0.2) is 9.37 Å². The maximum atomic E-state index is 14.1. The van der Waals surface area contributed by atoms with Crippen LogP contribution in [0.15, 0.2) is 42.5 Å². The molecule has 0 unspecified atom stereocenters. The van der Waals surface area contributed by atoms with Gasteiger partial charge < -0.3 is 0 Å². The molecule has 20 heavy (non-hydrogen) atoms. The van der Waals surface area contributed by atoms with E-state index in [1.807, 2.05) is 44.2 Å². The van der Waals surface area contributed by atoms with E-state index < -0.39 is 0 Å². The van der Waals surface area contributed by atoms with Crippen molar-refractivity contribution in [2.24, 2.45) is 0 Å². The van der Waals surface area contributed by atoms with Gasteiger partial charge in [-0.05, 0) is 31.0 Å². The Labute approximate surface area is 122 Å². The van der Waals surface area contributed by atoms with Crippen LogP contribution in [0.25, 0.3) is 22.2 Å². The summed E-state index contributed by atoms with van der Waals surface area (Å²) in [4.78, 5) is 4.51. The highest BCUT2D eigenvalue weighted by molar-refractivity contribution is 6.36. The number of halogens is 2. The Bertz CT molecular complexity index is 797. The number of hydrogen-bond acceptors (Lipinski definition) is 1. The first-order valence-electron chi connectivity index (χ1n) is 6.40. The van der Waals surface area contributed by atoms with Crippen LogP contribution in [-0.2, 0) is 0 Å². The second-order valence-electron chi connectivity index (χ2n) is 4.85. The van der Waals surface area contributed by atoms with Crippen LogP contribution in [-0.4, -0.2) is 4.98 Å². The summed E-state index contributed by atoms with van der Waals surface area (Å²) in [6.07, 6.45) is 0. The molecule has 3 rings (SSSR count). The lowest BCUT2D eigenvalue weighted by atomic mass is 10.0. The highest BCUT2D eigenvalue weighted by atomic mass is 35.5. The van der Waals surface area contributed by atoms with Crippen LogP contribution in [0.5, 0.6) is 0 Å². The molecule has 3 heteroatoms. The normalized spacial score (nSPS) is 11.0. The zero-order valence-corrected chi connectivity index (χ0v) is 12.0. The molecule has 0 radical (unpaired) electrons. The van der Waals surface area contributed by atoms with Crippen molar-refractivity contribution in [1.82, 2.24) is 4.98 Å². The summed E-state index contributed by atoms with van der Waals surface area (Å²) in [6.45, 7) is 3.83. The first-order valence-corrected chi connectivity index (χ1v) is 6.77. The third-order valence-corrected chi connectivity index (χ3v) is 3.98. The van der Waals surface area contributed by atoms with Crippen molar-refractivity contribution < 1.29 is 4.39 Å². The lowest BCUT2D eigenvalue weighted by Gasteiger charge is -2.12. The summed E-state index contributed by atoms with van der Waals surface area (Å²) in [5.41, 5.74) is 3.81. The second kappa shape index (κ2) is 4.88. The molecule has 0 saturated carbocycles. The molecule has 1 aromatic heterocycles. The third kappa shape index (κ3) is 1.97. The Morgan fingerprint density at radius 3 is 2.40 bits per heavy atom. The standard InChI is InChI=1S/C17H13ClFN/c1-10-8-9-13(19)17-14(10)15(18)11(2)16(20-17)12-6-4-3-5-7-12/h3-9H,1-2H3. The molecule has 0 aliphatic rings. The Morgan fingerprint density at radius 1 is 1.00 bits per heavy atom. The summed E-state index contributed by atoms with van der Waals surface area (Å²) in [5.74, 6) is -0.343. The van der Waals surface area contributed by atoms with Crippen molar-refractivity contribution in [3.8, 4) is 11.3 Å². The highest BCUT2D eigenvalue weighted by Gasteiger charge is 2.15. The number of aromatic nitrogens is 1. The molecule has 2 aromatic carbocycles. The van der Waals surface area contributed by atoms with E-state index in [4.69, 9.17) is 11.6 Å². The van der Waals surface area contributed by atoms with Gasteiger partial charge in [0.1, 0.15) is 11.3 Å². The second-order valence-corrected chi connectivity index (χ2v) is 5.23. The molecule has 0 N–H and O–H groups in total. The average molecular weight is 286 g/mol. The van der Waals surface area contributed by atoms with Gasteiger partial charge in [-0.3, -0.25) is 0 Å². The molecule has 1 heterocycles. The summed E-state index contributed by atoms with van der Waals surface area (Å²) in [5, 5.41) is 1.27. The monoisotopic (exact) mass is 285 g/mol. The average Bonchev–Trinajstić information content (AvgIpc) is 2.47. The topological polar surface area (TPSA) is 12.9 Å². The van der Waals surface area contributed by atoms with E-state index in [1.54, 1.807) is 6.07 Å². The van der Waals surface area contributed by atoms with E-state index in [9.17, 15) is 4.39 Å². The maximum Gasteiger partial charge on any atom is 0.149 e. The first-order chi connectivity index (χ1) is 9.59. The minimum atomic E-state index is -0.343. The minimum absolute atomic E-state index is 0.333. The van der Waals surface area contributed by atoms with Crippen LogP contribution in [0.1, 0.15) is 11.1 Å². The van der Waals surface area contributed by atoms with Crippen molar-refractivity contribution in [2.45, 2.75) is 13.8 Å². The SMILES string of the molecule is Cc1c(-c2ccccc2)nc2c(F)ccc(C)c2c1Cl. The number of rotatable bonds is 1. The van der Waals surface area contributed by atoms with E-state index in [0.29, 0.717) is 15.9 Å². The molecule has 0 fully saturated rings. The number of benzene rings is 2. The molecule has 100 valence electrons. The van der Waals surface area contributed by atoms with Crippen LogP contribution in [0.4, 0.5) is 4.39 Å². The highest BCUT2D eigenvalue weighted by Crippen LogP contribution is 2.35. The van der Waals surface area contributed by atoms with Crippen LogP contribution in [0.3, 0.4) is 0 Å². The van der Waals surface area contributed by atoms with Gasteiger partial charge >= 0.3 is 0 Å². The van der Waals surface area contributed by atoms with Crippen molar-refractivity contribution in [3.63, 3.8) is 0 Å². The Kier molecular flexibility index (Phi) is 3.19. The van der Waals surface area contributed by atoms with Crippen molar-refractivity contribution in [2.75, 3.05) is 0 Å². The summed E-state index contributed by atoms with van der Waals surface area (Å²) in [7, 11) is 0. The van der Waals surface area contributed by atoms with Gasteiger partial charge in [-0.1, -0.05) is 48.0 Å². The van der Waals surface area contributed by atoms with Gasteiger partial charge in [-0.2, -0.15) is 0 Å². The minimum Gasteiger partial charge on any atom is -0.244 e. The fraction of sp³-hybridized carbons (Fsp3) is 0.118. The lowest BCUT2D eigenvalue weighted by molar-refractivity contribution is 0.636. The molecule has 0 atom stereocenters. The fourth-order valence-electron chi connectivity index (χ4n) is 2.42. The molecule has 0 amide bonds. The number of aryl methyl sites for hydroxylation is 1. The van der Waals surface area contributed by atoms with Gasteiger partial charge in [0.2, 0.25) is 0 Å². The van der Waals surface area contributed by atoms with E-state index in [1.165, 1.54) is 6.07 Å². The zero-order chi connectivity index (χ0) is 14.3. The molecular weight excluding hydrogens is 273 g/mol. The molecule has 0 aliphatic carbocycles. The Morgan fingerprint density at radius 2 is 1.70 bits per heavy atom. The van der Waals surface area contributed by atoms with Gasteiger partial charge in [0.25, 0.3) is 0 Å². The lowest BCUT2D eigenvalue weighted by Crippen LogP contribution is -1.96. The number of pyridine rings is 1. The Balaban J connectivity index is 2.42. The van der Waals surface area contributed by atoms with Crippen LogP contribution < -0.4 is 0 Å².